The lowest BCUT2D eigenvalue weighted by atomic mass is 10.1. The van der Waals surface area contributed by atoms with E-state index >= 15 is 0 Å². The Morgan fingerprint density at radius 3 is 2.50 bits per heavy atom. The molecule has 0 N–H and O–H groups in total. The van der Waals surface area contributed by atoms with Gasteiger partial charge in [0.1, 0.15) is 12.2 Å². The largest absolute Gasteiger partial charge is 0.456 e. The number of esters is 1. The van der Waals surface area contributed by atoms with Gasteiger partial charge in [0.25, 0.3) is 0 Å². The molecule has 1 aliphatic heterocycles. The van der Waals surface area contributed by atoms with Crippen molar-refractivity contribution >= 4 is 5.97 Å². The first kappa shape index (κ1) is 16.4. The van der Waals surface area contributed by atoms with Crippen LogP contribution in [-0.2, 0) is 14.2 Å². The second-order valence-corrected chi connectivity index (χ2v) is 5.58. The predicted molar refractivity (Wildman–Crippen MR) is 90.5 cm³/mol. The van der Waals surface area contributed by atoms with Gasteiger partial charge in [-0.1, -0.05) is 54.6 Å². The van der Waals surface area contributed by atoms with Crippen LogP contribution in [0, 0.1) is 0 Å². The summed E-state index contributed by atoms with van der Waals surface area (Å²) >= 11 is 0. The minimum absolute atomic E-state index is 0.319. The molecule has 1 aliphatic rings. The highest BCUT2D eigenvalue weighted by atomic mass is 16.7. The second-order valence-electron chi connectivity index (χ2n) is 5.58. The van der Waals surface area contributed by atoms with E-state index in [2.05, 4.69) is 6.58 Å². The molecule has 1 heterocycles. The molecule has 0 bridgehead atoms. The number of rotatable bonds is 6. The zero-order valence-electron chi connectivity index (χ0n) is 13.3. The van der Waals surface area contributed by atoms with Gasteiger partial charge in [-0.3, -0.25) is 0 Å². The van der Waals surface area contributed by atoms with Crippen LogP contribution in [0.1, 0.15) is 28.6 Å². The van der Waals surface area contributed by atoms with E-state index in [1.54, 1.807) is 30.3 Å². The summed E-state index contributed by atoms with van der Waals surface area (Å²) in [7, 11) is 0. The summed E-state index contributed by atoms with van der Waals surface area (Å²) in [5.74, 6) is -0.366. The summed E-state index contributed by atoms with van der Waals surface area (Å²) in [6.07, 6.45) is 1.06. The van der Waals surface area contributed by atoms with Gasteiger partial charge in [-0.05, 0) is 12.1 Å². The maximum absolute atomic E-state index is 12.3. The molecule has 4 heteroatoms. The molecule has 0 radical (unpaired) electrons. The minimum atomic E-state index is -0.432. The highest BCUT2D eigenvalue weighted by molar-refractivity contribution is 5.89. The molecule has 0 saturated carbocycles. The zero-order chi connectivity index (χ0) is 16.8. The normalized spacial score (nSPS) is 21.2. The minimum Gasteiger partial charge on any atom is -0.456 e. The molecule has 1 saturated heterocycles. The van der Waals surface area contributed by atoms with Gasteiger partial charge in [0, 0.05) is 12.0 Å². The molecule has 0 aromatic heterocycles. The summed E-state index contributed by atoms with van der Waals surface area (Å²) in [4.78, 5) is 12.3. The molecule has 1 unspecified atom stereocenters. The Balaban J connectivity index is 1.66. The van der Waals surface area contributed by atoms with Gasteiger partial charge in [-0.15, -0.1) is 6.58 Å². The SMILES string of the molecule is C=CC[C@@H](OC(=O)c1ccccc1)[C@@H]1COC(c2ccccc2)O1. The van der Waals surface area contributed by atoms with E-state index in [9.17, 15) is 4.79 Å². The van der Waals surface area contributed by atoms with Crippen molar-refractivity contribution in [3.8, 4) is 0 Å². The van der Waals surface area contributed by atoms with Gasteiger partial charge in [-0.2, -0.15) is 0 Å². The van der Waals surface area contributed by atoms with E-state index < -0.39 is 12.4 Å². The van der Waals surface area contributed by atoms with E-state index in [1.807, 2.05) is 36.4 Å². The summed E-state index contributed by atoms with van der Waals surface area (Å²) in [6, 6.07) is 18.6. The van der Waals surface area contributed by atoms with E-state index in [0.717, 1.165) is 5.56 Å². The monoisotopic (exact) mass is 324 g/mol. The third-order valence-electron chi connectivity index (χ3n) is 3.86. The van der Waals surface area contributed by atoms with Gasteiger partial charge in [0.05, 0.1) is 12.2 Å². The van der Waals surface area contributed by atoms with Gasteiger partial charge in [-0.25, -0.2) is 4.79 Å². The molecule has 0 aliphatic carbocycles. The zero-order valence-corrected chi connectivity index (χ0v) is 13.3. The highest BCUT2D eigenvalue weighted by Crippen LogP contribution is 2.30. The lowest BCUT2D eigenvalue weighted by Gasteiger charge is -2.21. The Morgan fingerprint density at radius 2 is 1.83 bits per heavy atom. The molecule has 0 spiro atoms. The van der Waals surface area contributed by atoms with Gasteiger partial charge in [0.2, 0.25) is 0 Å². The standard InChI is InChI=1S/C20H20O4/c1-2-9-17(23-19(21)15-10-5-3-6-11-15)18-14-22-20(24-18)16-12-7-4-8-13-16/h2-8,10-13,17-18,20H,1,9,14H2/t17-,18+,20?/m1/s1. The summed E-state index contributed by atoms with van der Waals surface area (Å²) in [6.45, 7) is 4.12. The van der Waals surface area contributed by atoms with Gasteiger partial charge >= 0.3 is 5.97 Å². The van der Waals surface area contributed by atoms with Crippen LogP contribution in [-0.4, -0.2) is 24.8 Å². The molecule has 0 amide bonds. The molecule has 1 fully saturated rings. The van der Waals surface area contributed by atoms with Crippen LogP contribution in [0.5, 0.6) is 0 Å². The second kappa shape index (κ2) is 7.90. The third kappa shape index (κ3) is 3.91. The first-order valence-corrected chi connectivity index (χ1v) is 7.97. The van der Waals surface area contributed by atoms with Crippen LogP contribution >= 0.6 is 0 Å². The van der Waals surface area contributed by atoms with E-state index in [4.69, 9.17) is 14.2 Å². The van der Waals surface area contributed by atoms with Crippen molar-refractivity contribution in [2.45, 2.75) is 24.9 Å². The Hall–Kier alpha value is -2.43. The molecule has 24 heavy (non-hydrogen) atoms. The number of benzene rings is 2. The van der Waals surface area contributed by atoms with Crippen LogP contribution in [0.15, 0.2) is 73.3 Å². The lowest BCUT2D eigenvalue weighted by molar-refractivity contribution is -0.0862. The van der Waals surface area contributed by atoms with Crippen LogP contribution in [0.4, 0.5) is 0 Å². The van der Waals surface area contributed by atoms with E-state index in [1.165, 1.54) is 0 Å². The molecule has 4 nitrogen and oxygen atoms in total. The maximum atomic E-state index is 12.3. The molecule has 2 aromatic rings. The summed E-state index contributed by atoms with van der Waals surface area (Å²) in [5.41, 5.74) is 1.47. The topological polar surface area (TPSA) is 44.8 Å². The molecule has 2 aromatic carbocycles. The van der Waals surface area contributed by atoms with Crippen molar-refractivity contribution in [3.63, 3.8) is 0 Å². The van der Waals surface area contributed by atoms with Crippen molar-refractivity contribution in [1.29, 1.82) is 0 Å². The quantitative estimate of drug-likeness (QED) is 0.597. The number of carbonyl (C=O) groups excluding carboxylic acids is 1. The molecule has 124 valence electrons. The van der Waals surface area contributed by atoms with Crippen LogP contribution < -0.4 is 0 Å². The maximum Gasteiger partial charge on any atom is 0.338 e. The van der Waals surface area contributed by atoms with Crippen LogP contribution in [0.25, 0.3) is 0 Å². The fourth-order valence-electron chi connectivity index (χ4n) is 2.62. The number of hydrogen-bond acceptors (Lipinski definition) is 4. The number of ether oxygens (including phenoxy) is 3. The Labute approximate surface area is 141 Å². The summed E-state index contributed by atoms with van der Waals surface area (Å²) in [5, 5.41) is 0. The number of carbonyl (C=O) groups is 1. The molecular weight excluding hydrogens is 304 g/mol. The van der Waals surface area contributed by atoms with Gasteiger partial charge < -0.3 is 14.2 Å². The van der Waals surface area contributed by atoms with Crippen molar-refractivity contribution < 1.29 is 19.0 Å². The Morgan fingerprint density at radius 1 is 1.17 bits per heavy atom. The van der Waals surface area contributed by atoms with Crippen molar-refractivity contribution in [2.75, 3.05) is 6.61 Å². The highest BCUT2D eigenvalue weighted by Gasteiger charge is 2.35. The van der Waals surface area contributed by atoms with Crippen LogP contribution in [0.2, 0.25) is 0 Å². The first-order chi connectivity index (χ1) is 11.8. The molecular formula is C20H20O4. The predicted octanol–water partition coefficient (Wildman–Crippen LogP) is 3.90. The van der Waals surface area contributed by atoms with E-state index in [0.29, 0.717) is 18.6 Å². The lowest BCUT2D eigenvalue weighted by Crippen LogP contribution is -2.32. The average Bonchev–Trinajstić information content (AvgIpc) is 3.13. The fraction of sp³-hybridized carbons (Fsp3) is 0.250. The Kier molecular flexibility index (Phi) is 5.41. The van der Waals surface area contributed by atoms with Crippen molar-refractivity contribution in [1.82, 2.24) is 0 Å². The smallest absolute Gasteiger partial charge is 0.338 e. The van der Waals surface area contributed by atoms with Crippen LogP contribution in [0.3, 0.4) is 0 Å². The van der Waals surface area contributed by atoms with Crippen molar-refractivity contribution in [2.24, 2.45) is 0 Å². The van der Waals surface area contributed by atoms with Crippen molar-refractivity contribution in [3.05, 3.63) is 84.4 Å². The molecule has 3 rings (SSSR count). The average molecular weight is 324 g/mol. The molecule has 3 atom stereocenters. The first-order valence-electron chi connectivity index (χ1n) is 7.97. The number of hydrogen-bond donors (Lipinski definition) is 0. The third-order valence-corrected chi connectivity index (χ3v) is 3.86. The van der Waals surface area contributed by atoms with Gasteiger partial charge in [0.15, 0.2) is 6.29 Å². The Bertz CT molecular complexity index is 669. The van der Waals surface area contributed by atoms with E-state index in [-0.39, 0.29) is 12.1 Å². The fourth-order valence-corrected chi connectivity index (χ4v) is 2.62. The summed E-state index contributed by atoms with van der Waals surface area (Å²) < 4.78 is 17.3.